The Bertz CT molecular complexity index is 1270. The van der Waals surface area contributed by atoms with Gasteiger partial charge in [0.05, 0.1) is 22.3 Å². The molecule has 2 amide bonds. The van der Waals surface area contributed by atoms with E-state index in [0.29, 0.717) is 11.3 Å². The highest BCUT2D eigenvalue weighted by Gasteiger charge is 2.60. The number of nitro benzene ring substituents is 1. The number of hydrogen-bond acceptors (Lipinski definition) is 7. The van der Waals surface area contributed by atoms with Crippen molar-refractivity contribution in [1.29, 1.82) is 0 Å². The van der Waals surface area contributed by atoms with Gasteiger partial charge in [-0.1, -0.05) is 41.9 Å². The predicted molar refractivity (Wildman–Crippen MR) is 119 cm³/mol. The second kappa shape index (κ2) is 7.88. The number of imide groups is 1. The van der Waals surface area contributed by atoms with Crippen LogP contribution < -0.4 is 9.96 Å². The van der Waals surface area contributed by atoms with Crippen LogP contribution in [0.3, 0.4) is 0 Å². The van der Waals surface area contributed by atoms with Gasteiger partial charge in [0.15, 0.2) is 6.10 Å². The van der Waals surface area contributed by atoms with Gasteiger partial charge in [-0.3, -0.25) is 24.5 Å². The van der Waals surface area contributed by atoms with E-state index < -0.39 is 40.5 Å². The molecule has 3 atom stereocenters. The molecule has 1 N–H and O–H groups in total. The van der Waals surface area contributed by atoms with E-state index in [2.05, 4.69) is 0 Å². The van der Waals surface area contributed by atoms with Gasteiger partial charge in [0.25, 0.3) is 11.6 Å². The van der Waals surface area contributed by atoms with Crippen LogP contribution in [0, 0.1) is 16.0 Å². The molecule has 0 radical (unpaired) electrons. The van der Waals surface area contributed by atoms with Crippen LogP contribution in [0.15, 0.2) is 72.8 Å². The normalized spacial score (nSPS) is 22.0. The van der Waals surface area contributed by atoms with Crippen molar-refractivity contribution in [2.24, 2.45) is 5.92 Å². The summed E-state index contributed by atoms with van der Waals surface area (Å²) in [4.78, 5) is 44.4. The van der Waals surface area contributed by atoms with E-state index in [1.807, 2.05) is 18.2 Å². The Morgan fingerprint density at radius 3 is 2.30 bits per heavy atom. The van der Waals surface area contributed by atoms with Gasteiger partial charge in [-0.15, -0.1) is 0 Å². The summed E-state index contributed by atoms with van der Waals surface area (Å²) in [7, 11) is 0. The molecule has 3 aromatic rings. The van der Waals surface area contributed by atoms with Crippen molar-refractivity contribution in [2.75, 3.05) is 9.96 Å². The lowest BCUT2D eigenvalue weighted by Crippen LogP contribution is -2.37. The third-order valence-corrected chi connectivity index (χ3v) is 6.06. The van der Waals surface area contributed by atoms with E-state index in [1.165, 1.54) is 29.3 Å². The number of halogens is 1. The number of aromatic hydroxyl groups is 1. The van der Waals surface area contributed by atoms with E-state index in [4.69, 9.17) is 16.4 Å². The fourth-order valence-electron chi connectivity index (χ4n) is 4.26. The average molecular weight is 466 g/mol. The molecule has 2 aliphatic rings. The summed E-state index contributed by atoms with van der Waals surface area (Å²) in [5, 5.41) is 22.4. The van der Waals surface area contributed by atoms with Crippen molar-refractivity contribution >= 4 is 40.5 Å². The molecule has 3 unspecified atom stereocenters. The topological polar surface area (TPSA) is 113 Å². The van der Waals surface area contributed by atoms with Crippen LogP contribution in [0.2, 0.25) is 5.02 Å². The number of para-hydroxylation sites is 1. The number of carbonyl (C=O) groups is 2. The molecule has 2 heterocycles. The summed E-state index contributed by atoms with van der Waals surface area (Å²) in [5.41, 5.74) is 0.956. The van der Waals surface area contributed by atoms with Gasteiger partial charge in [0.1, 0.15) is 16.7 Å². The third-order valence-electron chi connectivity index (χ3n) is 5.75. The third kappa shape index (κ3) is 3.38. The Hall–Kier alpha value is -3.95. The van der Waals surface area contributed by atoms with Gasteiger partial charge in [0.2, 0.25) is 5.91 Å². The highest BCUT2D eigenvalue weighted by Crippen LogP contribution is 2.48. The summed E-state index contributed by atoms with van der Waals surface area (Å²) in [5.74, 6) is -2.01. The molecule has 2 saturated heterocycles. The van der Waals surface area contributed by atoms with Gasteiger partial charge in [-0.05, 0) is 42.0 Å². The minimum absolute atomic E-state index is 0.0508. The minimum atomic E-state index is -1.12. The SMILES string of the molecule is O=C1C2ON(c3ccccc3)C(c3ccc(O)cc3)C2C(=O)N1c1ccc(Cl)c([N+](=O)[O-])c1. The maximum absolute atomic E-state index is 13.5. The van der Waals surface area contributed by atoms with Crippen molar-refractivity contribution in [2.45, 2.75) is 12.1 Å². The number of nitrogens with zero attached hydrogens (tertiary/aromatic N) is 3. The second-order valence-electron chi connectivity index (χ2n) is 7.65. The summed E-state index contributed by atoms with van der Waals surface area (Å²) in [6.07, 6.45) is -1.12. The highest BCUT2D eigenvalue weighted by molar-refractivity contribution is 6.33. The van der Waals surface area contributed by atoms with Crippen LogP contribution in [0.1, 0.15) is 11.6 Å². The molecule has 0 spiro atoms. The fourth-order valence-corrected chi connectivity index (χ4v) is 4.44. The van der Waals surface area contributed by atoms with E-state index >= 15 is 0 Å². The summed E-state index contributed by atoms with van der Waals surface area (Å²) in [6, 6.07) is 18.5. The minimum Gasteiger partial charge on any atom is -0.508 e. The van der Waals surface area contributed by atoms with Crippen molar-refractivity contribution in [3.63, 3.8) is 0 Å². The molecule has 2 fully saturated rings. The summed E-state index contributed by atoms with van der Waals surface area (Å²) >= 11 is 5.89. The van der Waals surface area contributed by atoms with Crippen LogP contribution in [-0.2, 0) is 14.4 Å². The van der Waals surface area contributed by atoms with E-state index in [9.17, 15) is 24.8 Å². The Balaban J connectivity index is 1.58. The van der Waals surface area contributed by atoms with Crippen LogP contribution in [-0.4, -0.2) is 27.9 Å². The Labute approximate surface area is 192 Å². The smallest absolute Gasteiger partial charge is 0.289 e. The summed E-state index contributed by atoms with van der Waals surface area (Å²) in [6.45, 7) is 0. The van der Waals surface area contributed by atoms with Crippen LogP contribution in [0.4, 0.5) is 17.1 Å². The Morgan fingerprint density at radius 2 is 1.64 bits per heavy atom. The van der Waals surface area contributed by atoms with Gasteiger partial charge in [-0.25, -0.2) is 9.96 Å². The number of phenols is 1. The van der Waals surface area contributed by atoms with Crippen molar-refractivity contribution < 1.29 is 24.5 Å². The maximum Gasteiger partial charge on any atom is 0.289 e. The average Bonchev–Trinajstić information content (AvgIpc) is 3.31. The van der Waals surface area contributed by atoms with Gasteiger partial charge in [0, 0.05) is 6.07 Å². The zero-order valence-electron chi connectivity index (χ0n) is 16.9. The first-order chi connectivity index (χ1) is 15.9. The molecule has 5 rings (SSSR count). The van der Waals surface area contributed by atoms with Crippen LogP contribution >= 0.6 is 11.6 Å². The number of carbonyl (C=O) groups excluding carboxylic acids is 2. The van der Waals surface area contributed by atoms with E-state index in [1.54, 1.807) is 24.3 Å². The number of hydroxylamine groups is 1. The molecule has 0 saturated carbocycles. The zero-order chi connectivity index (χ0) is 23.3. The number of nitro groups is 1. The van der Waals surface area contributed by atoms with Crippen molar-refractivity contribution in [1.82, 2.24) is 0 Å². The lowest BCUT2D eigenvalue weighted by atomic mass is 9.90. The molecule has 33 heavy (non-hydrogen) atoms. The quantitative estimate of drug-likeness (QED) is 0.352. The standard InChI is InChI=1S/C23H16ClN3O6/c24-17-11-8-15(12-18(17)27(31)32)25-22(29)19-20(13-6-9-16(28)10-7-13)26(33-21(19)23(25)30)14-4-2-1-3-5-14/h1-12,19-21,28H. The highest BCUT2D eigenvalue weighted by atomic mass is 35.5. The lowest BCUT2D eigenvalue weighted by molar-refractivity contribution is -0.384. The molecule has 2 aliphatic heterocycles. The molecular formula is C23H16ClN3O6. The van der Waals surface area contributed by atoms with E-state index in [-0.39, 0.29) is 16.5 Å². The number of amides is 2. The number of hydrogen-bond donors (Lipinski definition) is 1. The number of anilines is 2. The van der Waals surface area contributed by atoms with Gasteiger partial charge >= 0.3 is 0 Å². The number of rotatable bonds is 4. The first kappa shape index (κ1) is 20.9. The van der Waals surface area contributed by atoms with Crippen molar-refractivity contribution in [3.05, 3.63) is 93.5 Å². The second-order valence-corrected chi connectivity index (χ2v) is 8.06. The number of fused-ring (bicyclic) bond motifs is 1. The Morgan fingerprint density at radius 1 is 0.939 bits per heavy atom. The molecular weight excluding hydrogens is 450 g/mol. The van der Waals surface area contributed by atoms with Crippen molar-refractivity contribution in [3.8, 4) is 5.75 Å². The number of phenolic OH excluding ortho intramolecular Hbond substituents is 1. The maximum atomic E-state index is 13.5. The molecule has 3 aromatic carbocycles. The molecule has 0 aromatic heterocycles. The molecule has 10 heteroatoms. The first-order valence-corrected chi connectivity index (χ1v) is 10.4. The largest absolute Gasteiger partial charge is 0.508 e. The molecule has 0 bridgehead atoms. The first-order valence-electron chi connectivity index (χ1n) is 9.98. The predicted octanol–water partition coefficient (Wildman–Crippen LogP) is 4.00. The number of benzene rings is 3. The lowest BCUT2D eigenvalue weighted by Gasteiger charge is -2.28. The monoisotopic (exact) mass is 465 g/mol. The van der Waals surface area contributed by atoms with E-state index in [0.717, 1.165) is 11.0 Å². The van der Waals surface area contributed by atoms with Gasteiger partial charge in [-0.2, -0.15) is 0 Å². The summed E-state index contributed by atoms with van der Waals surface area (Å²) < 4.78 is 0. The molecule has 166 valence electrons. The zero-order valence-corrected chi connectivity index (χ0v) is 17.6. The molecule has 9 nitrogen and oxygen atoms in total. The van der Waals surface area contributed by atoms with Crippen LogP contribution in [0.5, 0.6) is 5.75 Å². The van der Waals surface area contributed by atoms with Gasteiger partial charge < -0.3 is 5.11 Å². The fraction of sp³-hybridized carbons (Fsp3) is 0.130. The van der Waals surface area contributed by atoms with Crippen LogP contribution in [0.25, 0.3) is 0 Å². The Kier molecular flexibility index (Phi) is 4.99. The molecule has 0 aliphatic carbocycles.